The number of carbonyl (C=O) groups excluding carboxylic acids is 1. The predicted molar refractivity (Wildman–Crippen MR) is 126 cm³/mol. The van der Waals surface area contributed by atoms with Crippen molar-refractivity contribution >= 4 is 17.5 Å². The summed E-state index contributed by atoms with van der Waals surface area (Å²) in [7, 11) is 4.01. The molecule has 0 unspecified atom stereocenters. The molecule has 0 aliphatic heterocycles. The maximum Gasteiger partial charge on any atom is 0.188 e. The van der Waals surface area contributed by atoms with Crippen LogP contribution in [0.5, 0.6) is 0 Å². The SMILES string of the molecule is CCCCN(CCCC)c1ccc(C(=O)/C=C/c2ccccc2CN(C)C)c(F)c1. The first-order chi connectivity index (χ1) is 14.5. The standard InChI is InChI=1S/C26H35FN2O/c1-5-7-17-29(18-8-6-2)23-14-15-24(25(27)19-23)26(30)16-13-21-11-9-10-12-22(21)20-28(3)4/h9-16,19H,5-8,17-18,20H2,1-4H3/b16-13+. The van der Waals surface area contributed by atoms with Crippen LogP contribution in [-0.4, -0.2) is 37.9 Å². The van der Waals surface area contributed by atoms with Crippen molar-refractivity contribution in [3.63, 3.8) is 0 Å². The number of unbranched alkanes of at least 4 members (excludes halogenated alkanes) is 2. The summed E-state index contributed by atoms with van der Waals surface area (Å²) in [5, 5.41) is 0. The minimum Gasteiger partial charge on any atom is -0.371 e. The van der Waals surface area contributed by atoms with E-state index in [1.54, 1.807) is 12.1 Å². The summed E-state index contributed by atoms with van der Waals surface area (Å²) >= 11 is 0. The lowest BCUT2D eigenvalue weighted by atomic mass is 10.0. The molecule has 2 rings (SSSR count). The Balaban J connectivity index is 2.18. The van der Waals surface area contributed by atoms with E-state index in [4.69, 9.17) is 0 Å². The lowest BCUT2D eigenvalue weighted by Crippen LogP contribution is -2.25. The van der Waals surface area contributed by atoms with E-state index in [1.807, 2.05) is 44.4 Å². The number of allylic oxidation sites excluding steroid dienone is 1. The van der Waals surface area contributed by atoms with Gasteiger partial charge in [0.15, 0.2) is 5.78 Å². The second-order valence-corrected chi connectivity index (χ2v) is 7.99. The minimum atomic E-state index is -0.457. The Morgan fingerprint density at radius 1 is 1.00 bits per heavy atom. The Labute approximate surface area is 181 Å². The van der Waals surface area contributed by atoms with Gasteiger partial charge in [-0.2, -0.15) is 0 Å². The molecule has 0 spiro atoms. The molecule has 3 nitrogen and oxygen atoms in total. The zero-order valence-electron chi connectivity index (χ0n) is 18.8. The largest absolute Gasteiger partial charge is 0.371 e. The van der Waals surface area contributed by atoms with Crippen LogP contribution in [0.2, 0.25) is 0 Å². The van der Waals surface area contributed by atoms with Crippen LogP contribution in [0, 0.1) is 5.82 Å². The molecule has 4 heteroatoms. The third-order valence-corrected chi connectivity index (χ3v) is 5.10. The van der Waals surface area contributed by atoms with E-state index in [2.05, 4.69) is 23.6 Å². The number of nitrogens with zero attached hydrogens (tertiary/aromatic N) is 2. The summed E-state index contributed by atoms with van der Waals surface area (Å²) in [4.78, 5) is 16.9. The van der Waals surface area contributed by atoms with Gasteiger partial charge in [0.05, 0.1) is 5.56 Å². The fraction of sp³-hybridized carbons (Fsp3) is 0.423. The second-order valence-electron chi connectivity index (χ2n) is 7.99. The van der Waals surface area contributed by atoms with Crippen molar-refractivity contribution in [2.75, 3.05) is 32.1 Å². The summed E-state index contributed by atoms with van der Waals surface area (Å²) in [6.45, 7) is 6.91. The van der Waals surface area contributed by atoms with Gasteiger partial charge in [-0.15, -0.1) is 0 Å². The van der Waals surface area contributed by atoms with Crippen LogP contribution in [0.4, 0.5) is 10.1 Å². The minimum absolute atomic E-state index is 0.117. The Hall–Kier alpha value is -2.46. The van der Waals surface area contributed by atoms with Crippen LogP contribution in [0.1, 0.15) is 61.0 Å². The first-order valence-electron chi connectivity index (χ1n) is 11.0. The first kappa shape index (κ1) is 23.8. The quantitative estimate of drug-likeness (QED) is 0.308. The van der Waals surface area contributed by atoms with E-state index in [0.717, 1.165) is 62.1 Å². The molecular formula is C26H35FN2O. The fourth-order valence-corrected chi connectivity index (χ4v) is 3.41. The number of carbonyl (C=O) groups is 1. The molecular weight excluding hydrogens is 375 g/mol. The van der Waals surface area contributed by atoms with Crippen LogP contribution in [-0.2, 0) is 6.54 Å². The number of halogens is 1. The highest BCUT2D eigenvalue weighted by Gasteiger charge is 2.13. The molecule has 162 valence electrons. The third kappa shape index (κ3) is 7.10. The van der Waals surface area contributed by atoms with Gasteiger partial charge in [0.1, 0.15) is 5.82 Å². The number of ketones is 1. The molecule has 0 aliphatic rings. The van der Waals surface area contributed by atoms with E-state index in [-0.39, 0.29) is 11.3 Å². The smallest absolute Gasteiger partial charge is 0.188 e. The predicted octanol–water partition coefficient (Wildman–Crippen LogP) is 6.19. The molecule has 0 heterocycles. The van der Waals surface area contributed by atoms with Crippen molar-refractivity contribution < 1.29 is 9.18 Å². The van der Waals surface area contributed by atoms with Crippen LogP contribution < -0.4 is 4.90 Å². The van der Waals surface area contributed by atoms with Crippen molar-refractivity contribution in [3.8, 4) is 0 Å². The lowest BCUT2D eigenvalue weighted by Gasteiger charge is -2.25. The maximum absolute atomic E-state index is 14.8. The molecule has 0 aliphatic carbocycles. The molecule has 0 N–H and O–H groups in total. The zero-order chi connectivity index (χ0) is 21.9. The Morgan fingerprint density at radius 3 is 2.27 bits per heavy atom. The first-order valence-corrected chi connectivity index (χ1v) is 11.0. The van der Waals surface area contributed by atoms with E-state index in [1.165, 1.54) is 12.1 Å². The molecule has 0 atom stereocenters. The Morgan fingerprint density at radius 2 is 1.67 bits per heavy atom. The van der Waals surface area contributed by atoms with Gasteiger partial charge in [-0.25, -0.2) is 4.39 Å². The monoisotopic (exact) mass is 410 g/mol. The molecule has 0 fully saturated rings. The van der Waals surface area contributed by atoms with Gasteiger partial charge in [0.25, 0.3) is 0 Å². The highest BCUT2D eigenvalue weighted by Crippen LogP contribution is 2.21. The fourth-order valence-electron chi connectivity index (χ4n) is 3.41. The normalized spacial score (nSPS) is 11.4. The Bertz CT molecular complexity index is 837. The summed E-state index contributed by atoms with van der Waals surface area (Å²) in [6.07, 6.45) is 7.59. The molecule has 30 heavy (non-hydrogen) atoms. The Kier molecular flexibility index (Phi) is 9.75. The number of benzene rings is 2. The van der Waals surface area contributed by atoms with Crippen molar-refractivity contribution in [3.05, 3.63) is 71.0 Å². The number of anilines is 1. The number of rotatable bonds is 12. The van der Waals surface area contributed by atoms with Gasteiger partial charge in [0, 0.05) is 25.3 Å². The van der Waals surface area contributed by atoms with Crippen molar-refractivity contribution in [1.29, 1.82) is 0 Å². The number of hydrogen-bond donors (Lipinski definition) is 0. The molecule has 0 saturated carbocycles. The van der Waals surface area contributed by atoms with Crippen LogP contribution in [0.3, 0.4) is 0 Å². The van der Waals surface area contributed by atoms with E-state index < -0.39 is 5.82 Å². The molecule has 0 bridgehead atoms. The highest BCUT2D eigenvalue weighted by molar-refractivity contribution is 6.07. The van der Waals surface area contributed by atoms with Gasteiger partial charge < -0.3 is 9.80 Å². The van der Waals surface area contributed by atoms with Crippen molar-refractivity contribution in [1.82, 2.24) is 4.90 Å². The van der Waals surface area contributed by atoms with E-state index in [9.17, 15) is 9.18 Å². The van der Waals surface area contributed by atoms with Gasteiger partial charge in [-0.3, -0.25) is 4.79 Å². The molecule has 2 aromatic rings. The van der Waals surface area contributed by atoms with Gasteiger partial charge in [0.2, 0.25) is 0 Å². The molecule has 0 amide bonds. The summed E-state index contributed by atoms with van der Waals surface area (Å²) in [6, 6.07) is 12.9. The third-order valence-electron chi connectivity index (χ3n) is 5.10. The van der Waals surface area contributed by atoms with Crippen molar-refractivity contribution in [2.24, 2.45) is 0 Å². The van der Waals surface area contributed by atoms with Crippen LogP contribution >= 0.6 is 0 Å². The molecule has 2 aromatic carbocycles. The summed E-state index contributed by atoms with van der Waals surface area (Å²) in [5.74, 6) is -0.769. The molecule has 0 saturated heterocycles. The highest BCUT2D eigenvalue weighted by atomic mass is 19.1. The zero-order valence-corrected chi connectivity index (χ0v) is 18.8. The average Bonchev–Trinajstić information content (AvgIpc) is 2.72. The summed E-state index contributed by atoms with van der Waals surface area (Å²) < 4.78 is 14.8. The lowest BCUT2D eigenvalue weighted by molar-refractivity contribution is 0.104. The average molecular weight is 411 g/mol. The second kappa shape index (κ2) is 12.3. The molecule has 0 aromatic heterocycles. The van der Waals surface area contributed by atoms with Gasteiger partial charge >= 0.3 is 0 Å². The van der Waals surface area contributed by atoms with Crippen molar-refractivity contribution in [2.45, 2.75) is 46.1 Å². The molecule has 0 radical (unpaired) electrons. The van der Waals surface area contributed by atoms with E-state index in [0.29, 0.717) is 0 Å². The van der Waals surface area contributed by atoms with Crippen LogP contribution in [0.25, 0.3) is 6.08 Å². The number of hydrogen-bond acceptors (Lipinski definition) is 3. The van der Waals surface area contributed by atoms with Gasteiger partial charge in [-0.1, -0.05) is 57.0 Å². The maximum atomic E-state index is 14.8. The van der Waals surface area contributed by atoms with Gasteiger partial charge in [-0.05, 0) is 62.3 Å². The van der Waals surface area contributed by atoms with E-state index >= 15 is 0 Å². The summed E-state index contributed by atoms with van der Waals surface area (Å²) in [5.41, 5.74) is 3.07. The van der Waals surface area contributed by atoms with Crippen LogP contribution in [0.15, 0.2) is 48.5 Å². The topological polar surface area (TPSA) is 23.6 Å².